The van der Waals surface area contributed by atoms with Gasteiger partial charge in [0.1, 0.15) is 18.9 Å². The fourth-order valence-electron chi connectivity index (χ4n) is 1.74. The fraction of sp³-hybridized carbons (Fsp3) is 0.125. The minimum Gasteiger partial charge on any atom is -0.489 e. The van der Waals surface area contributed by atoms with Gasteiger partial charge < -0.3 is 20.5 Å². The molecule has 2 aromatic carbocycles. The highest BCUT2D eigenvalue weighted by molar-refractivity contribution is 5.93. The number of carbonyl (C=O) groups is 2. The van der Waals surface area contributed by atoms with E-state index in [2.05, 4.69) is 5.32 Å². The molecule has 114 valence electrons. The number of hydrogen-bond donors (Lipinski definition) is 3. The van der Waals surface area contributed by atoms with Crippen LogP contribution in [0.4, 0.5) is 10.5 Å². The van der Waals surface area contributed by atoms with Crippen molar-refractivity contribution in [3.05, 3.63) is 60.2 Å². The number of carboxylic acid groups (broad SMARTS) is 1. The van der Waals surface area contributed by atoms with Gasteiger partial charge in [-0.05, 0) is 29.8 Å². The zero-order chi connectivity index (χ0) is 15.8. The molecule has 0 spiro atoms. The third kappa shape index (κ3) is 5.16. The summed E-state index contributed by atoms with van der Waals surface area (Å²) < 4.78 is 5.63. The van der Waals surface area contributed by atoms with Gasteiger partial charge in [-0.1, -0.05) is 30.3 Å². The Morgan fingerprint density at radius 2 is 1.68 bits per heavy atom. The molecule has 0 aliphatic rings. The Hall–Kier alpha value is -3.02. The van der Waals surface area contributed by atoms with Gasteiger partial charge in [-0.15, -0.1) is 0 Å². The lowest BCUT2D eigenvalue weighted by Gasteiger charge is -2.08. The normalized spacial score (nSPS) is 9.82. The van der Waals surface area contributed by atoms with Gasteiger partial charge in [0.2, 0.25) is 5.91 Å². The van der Waals surface area contributed by atoms with Crippen LogP contribution < -0.4 is 15.4 Å². The predicted molar refractivity (Wildman–Crippen MR) is 81.9 cm³/mol. The van der Waals surface area contributed by atoms with Gasteiger partial charge in [0.25, 0.3) is 0 Å². The molecule has 2 rings (SSSR count). The van der Waals surface area contributed by atoms with Crippen LogP contribution >= 0.6 is 0 Å². The van der Waals surface area contributed by atoms with Crippen molar-refractivity contribution in [1.82, 2.24) is 5.32 Å². The van der Waals surface area contributed by atoms with E-state index in [4.69, 9.17) is 9.84 Å². The van der Waals surface area contributed by atoms with Crippen LogP contribution in [0.25, 0.3) is 0 Å². The molecule has 0 heterocycles. The van der Waals surface area contributed by atoms with Crippen LogP contribution in [0.2, 0.25) is 0 Å². The SMILES string of the molecule is O=C(O)NCC(=O)Nc1ccc(OCc2ccccc2)cc1. The summed E-state index contributed by atoms with van der Waals surface area (Å²) in [6, 6.07) is 16.7. The number of ether oxygens (including phenoxy) is 1. The highest BCUT2D eigenvalue weighted by Gasteiger charge is 2.04. The highest BCUT2D eigenvalue weighted by Crippen LogP contribution is 2.17. The molecule has 2 aromatic rings. The van der Waals surface area contributed by atoms with E-state index in [0.29, 0.717) is 18.0 Å². The first-order valence-corrected chi connectivity index (χ1v) is 6.67. The largest absolute Gasteiger partial charge is 0.489 e. The number of benzene rings is 2. The van der Waals surface area contributed by atoms with Crippen molar-refractivity contribution < 1.29 is 19.4 Å². The summed E-state index contributed by atoms with van der Waals surface area (Å²) in [4.78, 5) is 21.7. The molecule has 0 bridgehead atoms. The third-order valence-corrected chi connectivity index (χ3v) is 2.79. The first kappa shape index (κ1) is 15.4. The summed E-state index contributed by atoms with van der Waals surface area (Å²) in [6.45, 7) is 0.177. The van der Waals surface area contributed by atoms with E-state index in [1.807, 2.05) is 35.6 Å². The molecule has 0 aromatic heterocycles. The van der Waals surface area contributed by atoms with Gasteiger partial charge in [-0.2, -0.15) is 0 Å². The zero-order valence-electron chi connectivity index (χ0n) is 11.8. The van der Waals surface area contributed by atoms with Gasteiger partial charge in [-0.25, -0.2) is 4.79 Å². The van der Waals surface area contributed by atoms with E-state index in [0.717, 1.165) is 5.56 Å². The van der Waals surface area contributed by atoms with E-state index >= 15 is 0 Å². The first-order valence-electron chi connectivity index (χ1n) is 6.67. The van der Waals surface area contributed by atoms with E-state index in [-0.39, 0.29) is 6.54 Å². The van der Waals surface area contributed by atoms with E-state index in [1.54, 1.807) is 24.3 Å². The summed E-state index contributed by atoms with van der Waals surface area (Å²) in [5.74, 6) is 0.255. The number of hydrogen-bond acceptors (Lipinski definition) is 3. The molecule has 0 aliphatic heterocycles. The molecule has 6 heteroatoms. The monoisotopic (exact) mass is 300 g/mol. The van der Waals surface area contributed by atoms with Gasteiger partial charge in [-0.3, -0.25) is 4.79 Å². The maximum Gasteiger partial charge on any atom is 0.405 e. The molecule has 22 heavy (non-hydrogen) atoms. The van der Waals surface area contributed by atoms with Crippen molar-refractivity contribution >= 4 is 17.7 Å². The molecular formula is C16H16N2O4. The third-order valence-electron chi connectivity index (χ3n) is 2.79. The van der Waals surface area contributed by atoms with Crippen LogP contribution in [0.15, 0.2) is 54.6 Å². The quantitative estimate of drug-likeness (QED) is 0.764. The zero-order valence-corrected chi connectivity index (χ0v) is 11.8. The predicted octanol–water partition coefficient (Wildman–Crippen LogP) is 2.47. The standard InChI is InChI=1S/C16H16N2O4/c19-15(10-17-16(20)21)18-13-6-8-14(9-7-13)22-11-12-4-2-1-3-5-12/h1-9,17H,10-11H2,(H,18,19)(H,20,21). The number of carbonyl (C=O) groups excluding carboxylic acids is 1. The topological polar surface area (TPSA) is 87.7 Å². The van der Waals surface area contributed by atoms with Gasteiger partial charge in [0.05, 0.1) is 0 Å². The Morgan fingerprint density at radius 3 is 2.32 bits per heavy atom. The number of rotatable bonds is 6. The van der Waals surface area contributed by atoms with Crippen LogP contribution in [0.3, 0.4) is 0 Å². The summed E-state index contributed by atoms with van der Waals surface area (Å²) in [5.41, 5.74) is 1.64. The second-order valence-corrected chi connectivity index (χ2v) is 4.51. The second kappa shape index (κ2) is 7.68. The summed E-state index contributed by atoms with van der Waals surface area (Å²) >= 11 is 0. The summed E-state index contributed by atoms with van der Waals surface area (Å²) in [7, 11) is 0. The summed E-state index contributed by atoms with van der Waals surface area (Å²) in [6.07, 6.45) is -1.24. The lowest BCUT2D eigenvalue weighted by molar-refractivity contribution is -0.115. The molecule has 0 aliphatic carbocycles. The number of anilines is 1. The average Bonchev–Trinajstić information content (AvgIpc) is 2.53. The highest BCUT2D eigenvalue weighted by atomic mass is 16.5. The summed E-state index contributed by atoms with van der Waals surface area (Å²) in [5, 5.41) is 13.0. The Labute approximate surface area is 127 Å². The molecule has 0 unspecified atom stereocenters. The van der Waals surface area contributed by atoms with Gasteiger partial charge in [0, 0.05) is 5.69 Å². The maximum atomic E-state index is 11.4. The number of nitrogens with one attached hydrogen (secondary N) is 2. The minimum atomic E-state index is -1.24. The Kier molecular flexibility index (Phi) is 5.37. The molecular weight excluding hydrogens is 284 g/mol. The fourth-order valence-corrected chi connectivity index (χ4v) is 1.74. The van der Waals surface area contributed by atoms with E-state index in [9.17, 15) is 9.59 Å². The van der Waals surface area contributed by atoms with Gasteiger partial charge in [0.15, 0.2) is 0 Å². The molecule has 0 saturated heterocycles. The van der Waals surface area contributed by atoms with Crippen molar-refractivity contribution in [2.75, 3.05) is 11.9 Å². The molecule has 2 amide bonds. The van der Waals surface area contributed by atoms with Crippen molar-refractivity contribution in [2.45, 2.75) is 6.61 Å². The Morgan fingerprint density at radius 1 is 1.00 bits per heavy atom. The van der Waals surface area contributed by atoms with Gasteiger partial charge >= 0.3 is 6.09 Å². The van der Waals surface area contributed by atoms with Crippen LogP contribution in [0, 0.1) is 0 Å². The first-order chi connectivity index (χ1) is 10.6. The molecule has 0 radical (unpaired) electrons. The van der Waals surface area contributed by atoms with Crippen LogP contribution in [0.5, 0.6) is 5.75 Å². The smallest absolute Gasteiger partial charge is 0.405 e. The second-order valence-electron chi connectivity index (χ2n) is 4.51. The average molecular weight is 300 g/mol. The molecule has 0 atom stereocenters. The van der Waals surface area contributed by atoms with Crippen LogP contribution in [-0.2, 0) is 11.4 Å². The van der Waals surface area contributed by atoms with Crippen molar-refractivity contribution in [3.63, 3.8) is 0 Å². The van der Waals surface area contributed by atoms with E-state index < -0.39 is 12.0 Å². The lowest BCUT2D eigenvalue weighted by atomic mass is 10.2. The Balaban J connectivity index is 1.82. The molecule has 0 saturated carbocycles. The maximum absolute atomic E-state index is 11.4. The van der Waals surface area contributed by atoms with Crippen LogP contribution in [0.1, 0.15) is 5.56 Å². The lowest BCUT2D eigenvalue weighted by Crippen LogP contribution is -2.31. The number of amides is 2. The Bertz CT molecular complexity index is 626. The van der Waals surface area contributed by atoms with E-state index in [1.165, 1.54) is 0 Å². The molecule has 6 nitrogen and oxygen atoms in total. The van der Waals surface area contributed by atoms with Crippen molar-refractivity contribution in [1.29, 1.82) is 0 Å². The van der Waals surface area contributed by atoms with Crippen molar-refractivity contribution in [2.24, 2.45) is 0 Å². The molecule has 3 N–H and O–H groups in total. The van der Waals surface area contributed by atoms with Crippen molar-refractivity contribution in [3.8, 4) is 5.75 Å². The minimum absolute atomic E-state index is 0.290. The van der Waals surface area contributed by atoms with Crippen LogP contribution in [-0.4, -0.2) is 23.7 Å². The molecule has 0 fully saturated rings.